The van der Waals surface area contributed by atoms with Crippen LogP contribution < -0.4 is 0 Å². The van der Waals surface area contributed by atoms with Crippen molar-refractivity contribution in [2.24, 2.45) is 10.9 Å². The minimum atomic E-state index is -0.781. The zero-order valence-electron chi connectivity index (χ0n) is 12.8. The molecule has 1 aromatic carbocycles. The number of benzene rings is 1. The highest BCUT2D eigenvalue weighted by Crippen LogP contribution is 2.37. The van der Waals surface area contributed by atoms with Crippen molar-refractivity contribution < 1.29 is 19.7 Å². The smallest absolute Gasteiger partial charge is 0.287 e. The fraction of sp³-hybridized carbons (Fsp3) is 0.562. The lowest BCUT2D eigenvalue weighted by atomic mass is 10.1. The molecule has 0 saturated heterocycles. The van der Waals surface area contributed by atoms with Crippen LogP contribution in [0.5, 0.6) is 0 Å². The van der Waals surface area contributed by atoms with Crippen molar-refractivity contribution in [3.8, 4) is 0 Å². The van der Waals surface area contributed by atoms with Crippen LogP contribution in [0.25, 0.3) is 0 Å². The quantitative estimate of drug-likeness (QED) is 0.833. The number of ether oxygens (including phenoxy) is 2. The SMILES string of the molecule is CN(C)C1=N[C@@H]2[C@@H](OCc3ccccc3)[C@H](O)[C@@H](CO)[C@@H]2O1. The van der Waals surface area contributed by atoms with Crippen LogP contribution in [0.4, 0.5) is 0 Å². The van der Waals surface area contributed by atoms with E-state index in [4.69, 9.17) is 9.47 Å². The predicted octanol–water partition coefficient (Wildman–Crippen LogP) is 0.240. The Morgan fingerprint density at radius 3 is 2.64 bits per heavy atom. The number of aliphatic hydroxyl groups is 2. The Morgan fingerprint density at radius 2 is 2.00 bits per heavy atom. The highest BCUT2D eigenvalue weighted by Gasteiger charge is 2.55. The first-order valence-corrected chi connectivity index (χ1v) is 7.48. The van der Waals surface area contributed by atoms with Crippen molar-refractivity contribution in [1.29, 1.82) is 0 Å². The van der Waals surface area contributed by atoms with E-state index in [1.54, 1.807) is 4.90 Å². The molecule has 2 N–H and O–H groups in total. The van der Waals surface area contributed by atoms with Gasteiger partial charge in [-0.3, -0.25) is 0 Å². The molecule has 5 atom stereocenters. The summed E-state index contributed by atoms with van der Waals surface area (Å²) in [4.78, 5) is 6.30. The molecule has 1 saturated carbocycles. The van der Waals surface area contributed by atoms with E-state index in [1.807, 2.05) is 44.4 Å². The zero-order chi connectivity index (χ0) is 15.7. The maximum absolute atomic E-state index is 10.4. The van der Waals surface area contributed by atoms with Gasteiger partial charge in [-0.05, 0) is 5.56 Å². The summed E-state index contributed by atoms with van der Waals surface area (Å²) in [5.41, 5.74) is 1.04. The molecule has 0 amide bonds. The lowest BCUT2D eigenvalue weighted by Gasteiger charge is -2.22. The van der Waals surface area contributed by atoms with Crippen molar-refractivity contribution >= 4 is 6.02 Å². The van der Waals surface area contributed by atoms with Gasteiger partial charge in [-0.2, -0.15) is 0 Å². The van der Waals surface area contributed by atoms with Crippen LogP contribution in [-0.4, -0.2) is 66.2 Å². The van der Waals surface area contributed by atoms with Crippen molar-refractivity contribution in [2.45, 2.75) is 31.0 Å². The van der Waals surface area contributed by atoms with Gasteiger partial charge >= 0.3 is 0 Å². The maximum atomic E-state index is 10.4. The average molecular weight is 306 g/mol. The second-order valence-electron chi connectivity index (χ2n) is 5.98. The lowest BCUT2D eigenvalue weighted by Crippen LogP contribution is -2.35. The van der Waals surface area contributed by atoms with E-state index < -0.39 is 12.2 Å². The summed E-state index contributed by atoms with van der Waals surface area (Å²) >= 11 is 0. The average Bonchev–Trinajstić information content (AvgIpc) is 3.03. The van der Waals surface area contributed by atoms with E-state index in [2.05, 4.69) is 4.99 Å². The van der Waals surface area contributed by atoms with Crippen LogP contribution in [0.1, 0.15) is 5.56 Å². The Bertz CT molecular complexity index is 534. The number of rotatable bonds is 4. The summed E-state index contributed by atoms with van der Waals surface area (Å²) in [5, 5.41) is 20.0. The van der Waals surface area contributed by atoms with E-state index in [0.29, 0.717) is 12.6 Å². The predicted molar refractivity (Wildman–Crippen MR) is 81.4 cm³/mol. The van der Waals surface area contributed by atoms with E-state index in [-0.39, 0.29) is 24.7 Å². The largest absolute Gasteiger partial charge is 0.459 e. The van der Waals surface area contributed by atoms with Crippen molar-refractivity contribution in [3.05, 3.63) is 35.9 Å². The van der Waals surface area contributed by atoms with E-state index in [1.165, 1.54) is 0 Å². The van der Waals surface area contributed by atoms with Gasteiger partial charge in [0, 0.05) is 14.1 Å². The second kappa shape index (κ2) is 6.24. The maximum Gasteiger partial charge on any atom is 0.287 e. The molecule has 1 fully saturated rings. The third-order valence-corrected chi connectivity index (χ3v) is 4.25. The molecule has 1 aromatic rings. The van der Waals surface area contributed by atoms with Crippen molar-refractivity contribution in [2.75, 3.05) is 20.7 Å². The number of hydrogen-bond donors (Lipinski definition) is 2. The Labute approximate surface area is 130 Å². The first-order valence-electron chi connectivity index (χ1n) is 7.48. The lowest BCUT2D eigenvalue weighted by molar-refractivity contribution is -0.0531. The summed E-state index contributed by atoms with van der Waals surface area (Å²) < 4.78 is 11.7. The molecular formula is C16H22N2O4. The van der Waals surface area contributed by atoms with Crippen LogP contribution in [0.3, 0.4) is 0 Å². The van der Waals surface area contributed by atoms with E-state index in [0.717, 1.165) is 5.56 Å². The molecular weight excluding hydrogens is 284 g/mol. The molecule has 120 valence electrons. The van der Waals surface area contributed by atoms with Gasteiger partial charge in [-0.15, -0.1) is 0 Å². The number of aliphatic hydroxyl groups excluding tert-OH is 2. The normalized spacial score (nSPS) is 33.3. The highest BCUT2D eigenvalue weighted by atomic mass is 16.5. The Morgan fingerprint density at radius 1 is 1.27 bits per heavy atom. The molecule has 3 rings (SSSR count). The number of nitrogens with zero attached hydrogens (tertiary/aromatic N) is 2. The van der Waals surface area contributed by atoms with Crippen LogP contribution in [0.2, 0.25) is 0 Å². The first kappa shape index (κ1) is 15.3. The minimum Gasteiger partial charge on any atom is -0.459 e. The van der Waals surface area contributed by atoms with Gasteiger partial charge in [0.1, 0.15) is 18.2 Å². The fourth-order valence-corrected chi connectivity index (χ4v) is 3.06. The Hall–Kier alpha value is -1.63. The van der Waals surface area contributed by atoms with Crippen LogP contribution in [0, 0.1) is 5.92 Å². The third kappa shape index (κ3) is 2.69. The molecule has 0 radical (unpaired) electrons. The molecule has 0 spiro atoms. The molecule has 6 heteroatoms. The molecule has 0 bridgehead atoms. The molecule has 0 aromatic heterocycles. The first-order chi connectivity index (χ1) is 10.6. The molecule has 22 heavy (non-hydrogen) atoms. The standard InChI is InChI=1S/C16H22N2O4/c1-18(2)16-17-12-14(22-16)11(8-19)13(20)15(12)21-9-10-6-4-3-5-7-10/h3-7,11-15,19-20H,8-9H2,1-2H3/t11-,12+,13-,14+,15-/m1/s1. The molecule has 0 unspecified atom stereocenters. The van der Waals surface area contributed by atoms with Crippen molar-refractivity contribution in [1.82, 2.24) is 4.90 Å². The van der Waals surface area contributed by atoms with Gasteiger partial charge < -0.3 is 24.6 Å². The van der Waals surface area contributed by atoms with E-state index >= 15 is 0 Å². The topological polar surface area (TPSA) is 74.5 Å². The summed E-state index contributed by atoms with van der Waals surface area (Å²) in [6.45, 7) is 0.251. The third-order valence-electron chi connectivity index (χ3n) is 4.25. The number of fused-ring (bicyclic) bond motifs is 1. The van der Waals surface area contributed by atoms with Crippen LogP contribution in [-0.2, 0) is 16.1 Å². The second-order valence-corrected chi connectivity index (χ2v) is 5.98. The van der Waals surface area contributed by atoms with Gasteiger partial charge in [-0.1, -0.05) is 30.3 Å². The highest BCUT2D eigenvalue weighted by molar-refractivity contribution is 5.75. The molecule has 1 heterocycles. The number of hydrogen-bond acceptors (Lipinski definition) is 6. The molecule has 6 nitrogen and oxygen atoms in total. The molecule has 1 aliphatic heterocycles. The minimum absolute atomic E-state index is 0.149. The van der Waals surface area contributed by atoms with E-state index in [9.17, 15) is 10.2 Å². The van der Waals surface area contributed by atoms with Crippen LogP contribution in [0.15, 0.2) is 35.3 Å². The van der Waals surface area contributed by atoms with Gasteiger partial charge in [0.15, 0.2) is 0 Å². The fourth-order valence-electron chi connectivity index (χ4n) is 3.06. The van der Waals surface area contributed by atoms with Crippen molar-refractivity contribution in [3.63, 3.8) is 0 Å². The van der Waals surface area contributed by atoms with Gasteiger partial charge in [0.25, 0.3) is 6.02 Å². The van der Waals surface area contributed by atoms with Gasteiger partial charge in [0.2, 0.25) is 0 Å². The molecule has 1 aliphatic carbocycles. The summed E-state index contributed by atoms with van der Waals surface area (Å²) in [6.07, 6.45) is -1.59. The van der Waals surface area contributed by atoms with Gasteiger partial charge in [0.05, 0.1) is 25.2 Å². The number of aliphatic imine (C=N–C) groups is 1. The Kier molecular flexibility index (Phi) is 4.33. The van der Waals surface area contributed by atoms with Gasteiger partial charge in [-0.25, -0.2) is 4.99 Å². The summed E-state index contributed by atoms with van der Waals surface area (Å²) in [7, 11) is 3.70. The summed E-state index contributed by atoms with van der Waals surface area (Å²) in [5.74, 6) is -0.382. The monoisotopic (exact) mass is 306 g/mol. The Balaban J connectivity index is 1.74. The molecule has 2 aliphatic rings. The summed E-state index contributed by atoms with van der Waals surface area (Å²) in [6, 6.07) is 10.0. The zero-order valence-corrected chi connectivity index (χ0v) is 12.8. The number of amidine groups is 1. The van der Waals surface area contributed by atoms with Crippen LogP contribution >= 0.6 is 0 Å².